The highest BCUT2D eigenvalue weighted by Gasteiger charge is 2.11. The molecule has 0 unspecified atom stereocenters. The van der Waals surface area contributed by atoms with Crippen LogP contribution in [0.1, 0.15) is 10.4 Å². The van der Waals surface area contributed by atoms with Crippen molar-refractivity contribution < 1.29 is 9.53 Å². The number of aryl methyl sites for hydroxylation is 1. The largest absolute Gasteiger partial charge is 0.438 e. The van der Waals surface area contributed by atoms with Gasteiger partial charge in [-0.15, -0.1) is 10.2 Å². The minimum absolute atomic E-state index is 0.0728. The van der Waals surface area contributed by atoms with Crippen molar-refractivity contribution in [2.24, 2.45) is 7.05 Å². The fourth-order valence-corrected chi connectivity index (χ4v) is 2.60. The van der Waals surface area contributed by atoms with Gasteiger partial charge in [-0.3, -0.25) is 14.2 Å². The lowest BCUT2D eigenvalue weighted by Crippen LogP contribution is -2.26. The molecule has 1 amide bonds. The van der Waals surface area contributed by atoms with Gasteiger partial charge in [0.05, 0.1) is 0 Å². The zero-order valence-corrected chi connectivity index (χ0v) is 15.4. The molecule has 0 aliphatic heterocycles. The molecule has 0 spiro atoms. The number of nitrogens with one attached hydrogen (secondary N) is 1. The van der Waals surface area contributed by atoms with Gasteiger partial charge in [0.25, 0.3) is 11.5 Å². The molecule has 9 nitrogen and oxygen atoms in total. The van der Waals surface area contributed by atoms with Crippen molar-refractivity contribution in [1.82, 2.24) is 24.3 Å². The van der Waals surface area contributed by atoms with E-state index in [1.807, 2.05) is 0 Å². The number of benzene rings is 1. The Labute approximate surface area is 165 Å². The predicted molar refractivity (Wildman–Crippen MR) is 105 cm³/mol. The van der Waals surface area contributed by atoms with Crippen molar-refractivity contribution >= 4 is 11.6 Å². The highest BCUT2D eigenvalue weighted by Crippen LogP contribution is 2.21. The monoisotopic (exact) mass is 388 g/mol. The molecule has 1 aromatic carbocycles. The number of amides is 1. The van der Waals surface area contributed by atoms with Gasteiger partial charge in [-0.1, -0.05) is 0 Å². The molecule has 4 aromatic rings. The van der Waals surface area contributed by atoms with Gasteiger partial charge in [-0.25, -0.2) is 4.98 Å². The van der Waals surface area contributed by atoms with Crippen molar-refractivity contribution in [3.05, 3.63) is 89.4 Å². The maximum absolute atomic E-state index is 12.3. The third kappa shape index (κ3) is 4.03. The summed E-state index contributed by atoms with van der Waals surface area (Å²) in [6, 6.07) is 13.3. The first-order valence-electron chi connectivity index (χ1n) is 8.67. The quantitative estimate of drug-likeness (QED) is 0.563. The van der Waals surface area contributed by atoms with E-state index in [-0.39, 0.29) is 11.1 Å². The molecule has 0 aliphatic carbocycles. The second-order valence-corrected chi connectivity index (χ2v) is 6.12. The van der Waals surface area contributed by atoms with Crippen LogP contribution in [0.2, 0.25) is 0 Å². The summed E-state index contributed by atoms with van der Waals surface area (Å²) in [5.74, 6) is 1.02. The van der Waals surface area contributed by atoms with Crippen LogP contribution in [0.4, 0.5) is 5.69 Å². The van der Waals surface area contributed by atoms with Crippen LogP contribution < -0.4 is 15.6 Å². The molecule has 0 saturated carbocycles. The van der Waals surface area contributed by atoms with Gasteiger partial charge < -0.3 is 14.6 Å². The number of rotatable bonds is 5. The average Bonchev–Trinajstić information content (AvgIpc) is 3.27. The van der Waals surface area contributed by atoms with Crippen LogP contribution in [0.3, 0.4) is 0 Å². The van der Waals surface area contributed by atoms with Crippen LogP contribution in [-0.2, 0) is 7.05 Å². The van der Waals surface area contributed by atoms with Crippen molar-refractivity contribution in [1.29, 1.82) is 0 Å². The smallest absolute Gasteiger partial charge is 0.263 e. The highest BCUT2D eigenvalue weighted by atomic mass is 16.5. The van der Waals surface area contributed by atoms with Gasteiger partial charge in [-0.2, -0.15) is 0 Å². The zero-order chi connectivity index (χ0) is 20.2. The van der Waals surface area contributed by atoms with E-state index in [1.54, 1.807) is 79.0 Å². The predicted octanol–water partition coefficient (Wildman–Crippen LogP) is 2.41. The first kappa shape index (κ1) is 18.1. The number of anilines is 1. The molecule has 29 heavy (non-hydrogen) atoms. The van der Waals surface area contributed by atoms with Gasteiger partial charge in [0.1, 0.15) is 17.6 Å². The highest BCUT2D eigenvalue weighted by molar-refractivity contribution is 6.03. The van der Waals surface area contributed by atoms with E-state index < -0.39 is 5.91 Å². The second-order valence-electron chi connectivity index (χ2n) is 6.12. The molecule has 0 atom stereocenters. The molecule has 0 bridgehead atoms. The summed E-state index contributed by atoms with van der Waals surface area (Å²) in [5.41, 5.74) is 0.251. The first-order chi connectivity index (χ1) is 14.1. The molecule has 0 aliphatic rings. The Kier molecular flexibility index (Phi) is 4.85. The average molecular weight is 388 g/mol. The van der Waals surface area contributed by atoms with E-state index in [1.165, 1.54) is 10.6 Å². The Morgan fingerprint density at radius 3 is 2.55 bits per heavy atom. The van der Waals surface area contributed by atoms with Gasteiger partial charge >= 0.3 is 0 Å². The summed E-state index contributed by atoms with van der Waals surface area (Å²) >= 11 is 0. The number of nitrogens with zero attached hydrogens (tertiary/aromatic N) is 5. The third-order valence-corrected chi connectivity index (χ3v) is 4.10. The Bertz CT molecular complexity index is 1180. The van der Waals surface area contributed by atoms with E-state index >= 15 is 0 Å². The topological polar surface area (TPSA) is 104 Å². The summed E-state index contributed by atoms with van der Waals surface area (Å²) in [7, 11) is 1.59. The lowest BCUT2D eigenvalue weighted by molar-refractivity contribution is 0.102. The molecule has 1 N–H and O–H groups in total. The van der Waals surface area contributed by atoms with Gasteiger partial charge in [0.2, 0.25) is 5.88 Å². The molecule has 144 valence electrons. The number of pyridine rings is 1. The van der Waals surface area contributed by atoms with E-state index in [4.69, 9.17) is 4.74 Å². The SMILES string of the molecule is Cn1cccc(C(=O)Nc2ccc(Oc3ccc(-n4ccnc4)nn3)cc2)c1=O. The van der Waals surface area contributed by atoms with Crippen molar-refractivity contribution in [3.8, 4) is 17.4 Å². The van der Waals surface area contributed by atoms with E-state index in [2.05, 4.69) is 20.5 Å². The summed E-state index contributed by atoms with van der Waals surface area (Å²) < 4.78 is 8.75. The molecule has 0 saturated heterocycles. The fourth-order valence-electron chi connectivity index (χ4n) is 2.60. The Morgan fingerprint density at radius 1 is 1.03 bits per heavy atom. The lowest BCUT2D eigenvalue weighted by atomic mass is 10.2. The molecule has 9 heteroatoms. The van der Waals surface area contributed by atoms with Crippen LogP contribution in [-0.4, -0.2) is 30.2 Å². The Balaban J connectivity index is 1.42. The number of carbonyl (C=O) groups is 1. The van der Waals surface area contributed by atoms with Gasteiger partial charge in [0.15, 0.2) is 5.82 Å². The molecule has 4 rings (SSSR count). The maximum Gasteiger partial charge on any atom is 0.263 e. The molecular formula is C20H16N6O3. The number of ether oxygens (including phenoxy) is 1. The standard InChI is InChI=1S/C20H16N6O3/c1-25-11-2-3-16(20(25)28)19(27)22-14-4-6-15(7-5-14)29-18-9-8-17(23-24-18)26-12-10-21-13-26/h2-13H,1H3,(H,22,27). The van der Waals surface area contributed by atoms with Crippen LogP contribution in [0.15, 0.2) is 78.2 Å². The molecule has 0 radical (unpaired) electrons. The summed E-state index contributed by atoms with van der Waals surface area (Å²) in [4.78, 5) is 28.3. The molecule has 3 heterocycles. The van der Waals surface area contributed by atoms with Crippen LogP contribution in [0, 0.1) is 0 Å². The number of aromatic nitrogens is 5. The third-order valence-electron chi connectivity index (χ3n) is 4.10. The van der Waals surface area contributed by atoms with E-state index in [0.29, 0.717) is 23.1 Å². The number of hydrogen-bond donors (Lipinski definition) is 1. The van der Waals surface area contributed by atoms with E-state index in [9.17, 15) is 9.59 Å². The summed E-state index contributed by atoms with van der Waals surface area (Å²) in [5, 5.41) is 10.8. The Hall–Kier alpha value is -4.27. The summed E-state index contributed by atoms with van der Waals surface area (Å²) in [6.45, 7) is 0. The van der Waals surface area contributed by atoms with E-state index in [0.717, 1.165) is 0 Å². The maximum atomic E-state index is 12.3. The summed E-state index contributed by atoms with van der Waals surface area (Å²) in [6.07, 6.45) is 6.64. The normalized spacial score (nSPS) is 10.5. The van der Waals surface area contributed by atoms with Crippen molar-refractivity contribution in [3.63, 3.8) is 0 Å². The molecule has 0 fully saturated rings. The number of imidazole rings is 1. The zero-order valence-electron chi connectivity index (χ0n) is 15.4. The lowest BCUT2D eigenvalue weighted by Gasteiger charge is -2.08. The Morgan fingerprint density at radius 2 is 1.86 bits per heavy atom. The van der Waals surface area contributed by atoms with Crippen LogP contribution >= 0.6 is 0 Å². The minimum atomic E-state index is -0.471. The first-order valence-corrected chi connectivity index (χ1v) is 8.67. The second kappa shape index (κ2) is 7.77. The minimum Gasteiger partial charge on any atom is -0.438 e. The van der Waals surface area contributed by atoms with Crippen LogP contribution in [0.25, 0.3) is 5.82 Å². The van der Waals surface area contributed by atoms with Crippen LogP contribution in [0.5, 0.6) is 11.6 Å². The molecular weight excluding hydrogens is 372 g/mol. The van der Waals surface area contributed by atoms with Crippen molar-refractivity contribution in [2.45, 2.75) is 0 Å². The van der Waals surface area contributed by atoms with Gasteiger partial charge in [-0.05, 0) is 42.5 Å². The molecule has 3 aromatic heterocycles. The number of carbonyl (C=O) groups excluding carboxylic acids is 1. The fraction of sp³-hybridized carbons (Fsp3) is 0.0500. The van der Waals surface area contributed by atoms with Gasteiger partial charge in [0, 0.05) is 37.4 Å². The van der Waals surface area contributed by atoms with Crippen molar-refractivity contribution in [2.75, 3.05) is 5.32 Å². The number of hydrogen-bond acceptors (Lipinski definition) is 6.